The molecule has 3 unspecified atom stereocenters. The van der Waals surface area contributed by atoms with E-state index in [1.54, 1.807) is 0 Å². The summed E-state index contributed by atoms with van der Waals surface area (Å²) < 4.78 is 35.7. The van der Waals surface area contributed by atoms with Crippen molar-refractivity contribution in [1.82, 2.24) is 0 Å². The van der Waals surface area contributed by atoms with Crippen molar-refractivity contribution in [3.05, 3.63) is 0 Å². The summed E-state index contributed by atoms with van der Waals surface area (Å²) in [5.74, 6) is -1.11. The molecule has 9 nitrogen and oxygen atoms in total. The summed E-state index contributed by atoms with van der Waals surface area (Å²) in [6.07, 6.45) is 24.4. The summed E-state index contributed by atoms with van der Waals surface area (Å²) in [6.45, 7) is 8.70. The first-order valence-corrected chi connectivity index (χ1v) is 22.2. The Labute approximate surface area is 308 Å². The molecule has 0 saturated heterocycles. The van der Waals surface area contributed by atoms with Gasteiger partial charge >= 0.3 is 19.8 Å². The molecule has 0 aromatic heterocycles. The van der Waals surface area contributed by atoms with Gasteiger partial charge in [0, 0.05) is 0 Å². The second-order valence-corrected chi connectivity index (χ2v) is 17.0. The van der Waals surface area contributed by atoms with Crippen LogP contribution in [0.2, 0.25) is 0 Å². The number of quaternary nitrogens is 1. The maximum atomic E-state index is 13.6. The average molecular weight is 735 g/mol. The number of hydrogen-bond acceptors (Lipinski definition) is 7. The fourth-order valence-electron chi connectivity index (χ4n) is 6.05. The number of ether oxygens (including phenoxy) is 2. The number of unbranched alkanes of at least 4 members (excludes halogenated alkanes) is 16. The first kappa shape index (κ1) is 49.0. The average Bonchev–Trinajstić information content (AvgIpc) is 3.06. The van der Waals surface area contributed by atoms with Gasteiger partial charge in [-0.3, -0.25) is 18.6 Å². The highest BCUT2D eigenvalue weighted by atomic mass is 31.2. The van der Waals surface area contributed by atoms with Crippen molar-refractivity contribution < 1.29 is 42.1 Å². The van der Waals surface area contributed by atoms with Gasteiger partial charge in [0.1, 0.15) is 19.8 Å². The van der Waals surface area contributed by atoms with E-state index in [4.69, 9.17) is 18.5 Å². The number of nitrogens with zero attached hydrogens (tertiary/aromatic N) is 1. The van der Waals surface area contributed by atoms with E-state index in [0.29, 0.717) is 11.0 Å². The molecule has 0 fully saturated rings. The number of phosphoric acid groups is 1. The number of carbonyl (C=O) groups excluding carboxylic acids is 2. The number of rotatable bonds is 36. The van der Waals surface area contributed by atoms with Gasteiger partial charge in [0.15, 0.2) is 6.10 Å². The highest BCUT2D eigenvalue weighted by Crippen LogP contribution is 2.43. The van der Waals surface area contributed by atoms with Crippen molar-refractivity contribution in [2.45, 2.75) is 188 Å². The van der Waals surface area contributed by atoms with Crippen LogP contribution in [0.25, 0.3) is 0 Å². The summed E-state index contributed by atoms with van der Waals surface area (Å²) in [5, 5.41) is 0. The summed E-state index contributed by atoms with van der Waals surface area (Å²) >= 11 is 0. The van der Waals surface area contributed by atoms with E-state index in [-0.39, 0.29) is 37.0 Å². The van der Waals surface area contributed by atoms with Crippen molar-refractivity contribution in [1.29, 1.82) is 0 Å². The third-order valence-corrected chi connectivity index (χ3v) is 10.4. The van der Waals surface area contributed by atoms with E-state index in [1.807, 2.05) is 21.1 Å². The van der Waals surface area contributed by atoms with Crippen LogP contribution in [-0.4, -0.2) is 74.9 Å². The lowest BCUT2D eigenvalue weighted by atomic mass is 9.94. The molecule has 0 aliphatic carbocycles. The van der Waals surface area contributed by atoms with Gasteiger partial charge in [-0.15, -0.1) is 0 Å². The van der Waals surface area contributed by atoms with Crippen LogP contribution in [0, 0.1) is 11.8 Å². The number of hydrogen-bond donors (Lipinski definition) is 1. The zero-order valence-electron chi connectivity index (χ0n) is 33.7. The fourth-order valence-corrected chi connectivity index (χ4v) is 6.79. The predicted octanol–water partition coefficient (Wildman–Crippen LogP) is 11.0. The predicted molar refractivity (Wildman–Crippen MR) is 206 cm³/mol. The molecule has 0 aromatic rings. The Hall–Kier alpha value is -0.990. The zero-order valence-corrected chi connectivity index (χ0v) is 34.6. The molecule has 0 heterocycles. The molecule has 0 radical (unpaired) electrons. The topological polar surface area (TPSA) is 108 Å². The number of phosphoric ester groups is 1. The molecule has 0 spiro atoms. The third-order valence-electron chi connectivity index (χ3n) is 9.43. The van der Waals surface area contributed by atoms with Crippen molar-refractivity contribution in [3.8, 4) is 0 Å². The van der Waals surface area contributed by atoms with Crippen LogP contribution in [0.4, 0.5) is 0 Å². The molecular formula is C40H81NO8P+. The molecule has 10 heteroatoms. The van der Waals surface area contributed by atoms with Crippen LogP contribution < -0.4 is 0 Å². The van der Waals surface area contributed by atoms with Crippen LogP contribution >= 0.6 is 7.82 Å². The van der Waals surface area contributed by atoms with Crippen molar-refractivity contribution in [2.24, 2.45) is 11.8 Å². The summed E-state index contributed by atoms with van der Waals surface area (Å²) in [4.78, 5) is 37.5. The molecule has 0 saturated carbocycles. The molecule has 298 valence electrons. The second-order valence-electron chi connectivity index (χ2n) is 15.5. The lowest BCUT2D eigenvalue weighted by Gasteiger charge is -2.25. The molecule has 4 atom stereocenters. The normalized spacial score (nSPS) is 15.0. The molecule has 0 aliphatic rings. The van der Waals surface area contributed by atoms with Crippen LogP contribution in [-0.2, 0) is 32.7 Å². The van der Waals surface area contributed by atoms with Gasteiger partial charge in [-0.25, -0.2) is 4.57 Å². The van der Waals surface area contributed by atoms with Crippen LogP contribution in [0.15, 0.2) is 0 Å². The number of carbonyl (C=O) groups is 2. The van der Waals surface area contributed by atoms with E-state index in [2.05, 4.69) is 27.7 Å². The van der Waals surface area contributed by atoms with E-state index >= 15 is 0 Å². The maximum absolute atomic E-state index is 13.6. The highest BCUT2D eigenvalue weighted by Gasteiger charge is 2.30. The van der Waals surface area contributed by atoms with Gasteiger partial charge in [-0.05, 0) is 25.7 Å². The molecule has 50 heavy (non-hydrogen) atoms. The molecule has 0 rings (SSSR count). The first-order chi connectivity index (χ1) is 23.9. The van der Waals surface area contributed by atoms with Gasteiger partial charge in [0.05, 0.1) is 39.6 Å². The zero-order chi connectivity index (χ0) is 37.5. The van der Waals surface area contributed by atoms with E-state index < -0.39 is 20.5 Å². The summed E-state index contributed by atoms with van der Waals surface area (Å²) in [6, 6.07) is 0. The van der Waals surface area contributed by atoms with Gasteiger partial charge in [0.2, 0.25) is 0 Å². The Kier molecular flexibility index (Phi) is 30.9. The number of esters is 2. The second kappa shape index (κ2) is 31.5. The SMILES string of the molecule is CCCCCCCCC(CCCCCC)C(=O)OC[C@H](COP(=O)(O)OCC[N+](C)(C)C)OC(=O)C(CCCCCC)CCCCCCCC. The van der Waals surface area contributed by atoms with Gasteiger partial charge < -0.3 is 18.9 Å². The Morgan fingerprint density at radius 1 is 0.560 bits per heavy atom. The largest absolute Gasteiger partial charge is 0.472 e. The fraction of sp³-hybridized carbons (Fsp3) is 0.950. The van der Waals surface area contributed by atoms with E-state index in [1.165, 1.54) is 44.9 Å². The molecule has 0 aliphatic heterocycles. The van der Waals surface area contributed by atoms with Gasteiger partial charge in [-0.1, -0.05) is 156 Å². The standard InChI is InChI=1S/C40H80NO8P/c1-8-12-16-20-22-26-29-36(28-24-18-14-10-3)39(42)46-34-38(35-48-50(44,45)47-33-32-41(5,6)7)49-40(43)37(30-25-19-15-11-4)31-27-23-21-17-13-9-2/h36-38H,8-35H2,1-7H3/p+1/t36?,37?,38-/m1/s1. The smallest absolute Gasteiger partial charge is 0.461 e. The lowest BCUT2D eigenvalue weighted by molar-refractivity contribution is -0.870. The van der Waals surface area contributed by atoms with E-state index in [9.17, 15) is 19.0 Å². The van der Waals surface area contributed by atoms with Crippen LogP contribution in [0.3, 0.4) is 0 Å². The van der Waals surface area contributed by atoms with Crippen molar-refractivity contribution >= 4 is 19.8 Å². The summed E-state index contributed by atoms with van der Waals surface area (Å²) in [5.41, 5.74) is 0. The minimum atomic E-state index is -4.41. The first-order valence-electron chi connectivity index (χ1n) is 20.7. The Bertz CT molecular complexity index is 865. The van der Waals surface area contributed by atoms with Gasteiger partial charge in [0.25, 0.3) is 0 Å². The Morgan fingerprint density at radius 3 is 1.36 bits per heavy atom. The summed E-state index contributed by atoms with van der Waals surface area (Å²) in [7, 11) is 1.47. The highest BCUT2D eigenvalue weighted by molar-refractivity contribution is 7.47. The Morgan fingerprint density at radius 2 is 0.940 bits per heavy atom. The third kappa shape index (κ3) is 29.6. The van der Waals surface area contributed by atoms with Crippen LogP contribution in [0.1, 0.15) is 182 Å². The lowest BCUT2D eigenvalue weighted by Crippen LogP contribution is -2.37. The minimum absolute atomic E-state index is 0.0347. The molecule has 1 N–H and O–H groups in total. The minimum Gasteiger partial charge on any atom is -0.461 e. The Balaban J connectivity index is 5.65. The van der Waals surface area contributed by atoms with Gasteiger partial charge in [-0.2, -0.15) is 0 Å². The van der Waals surface area contributed by atoms with E-state index in [0.717, 1.165) is 109 Å². The van der Waals surface area contributed by atoms with Crippen LogP contribution in [0.5, 0.6) is 0 Å². The molecule has 0 aromatic carbocycles. The molecule has 0 bridgehead atoms. The molecular weight excluding hydrogens is 653 g/mol. The van der Waals surface area contributed by atoms with Crippen molar-refractivity contribution in [2.75, 3.05) is 47.5 Å². The van der Waals surface area contributed by atoms with Crippen molar-refractivity contribution in [3.63, 3.8) is 0 Å². The quantitative estimate of drug-likeness (QED) is 0.0293. The monoisotopic (exact) mass is 735 g/mol. The molecule has 0 amide bonds. The maximum Gasteiger partial charge on any atom is 0.472 e. The number of likely N-dealkylation sites (N-methyl/N-ethyl adjacent to an activating group) is 1.